The zero-order valence-corrected chi connectivity index (χ0v) is 14.9. The van der Waals surface area contributed by atoms with E-state index < -0.39 is 11.8 Å². The number of aromatic nitrogens is 6. The molecule has 2 aromatic heterocycles. The largest absolute Gasteiger partial charge is 0.441 e. The Balaban J connectivity index is 1.62. The fourth-order valence-corrected chi connectivity index (χ4v) is 2.63. The Kier molecular flexibility index (Phi) is 4.51. The molecule has 0 fully saturated rings. The Morgan fingerprint density at radius 1 is 1.14 bits per heavy atom. The van der Waals surface area contributed by atoms with Crippen LogP contribution < -0.4 is 16.1 Å². The molecule has 0 saturated carbocycles. The number of aromatic amines is 1. The first-order valence-electron chi connectivity index (χ1n) is 7.93. The van der Waals surface area contributed by atoms with Crippen LogP contribution in [0.5, 0.6) is 0 Å². The number of urea groups is 1. The predicted molar refractivity (Wildman–Crippen MR) is 101 cm³/mol. The molecular formula is C16H12N8O3S. The summed E-state index contributed by atoms with van der Waals surface area (Å²) in [4.78, 5) is 25.7. The number of anilines is 2. The number of carbonyl (C=O) groups is 1. The Morgan fingerprint density at radius 2 is 1.89 bits per heavy atom. The molecule has 2 aromatic carbocycles. The summed E-state index contributed by atoms with van der Waals surface area (Å²) in [6, 6.07) is 14.9. The van der Waals surface area contributed by atoms with Gasteiger partial charge in [-0.05, 0) is 53.8 Å². The molecule has 0 unspecified atom stereocenters. The minimum absolute atomic E-state index is 0.0831. The normalized spacial score (nSPS) is 10.6. The van der Waals surface area contributed by atoms with Crippen LogP contribution in [-0.4, -0.2) is 36.1 Å². The van der Waals surface area contributed by atoms with Crippen molar-refractivity contribution in [2.75, 3.05) is 10.3 Å². The molecule has 0 aliphatic heterocycles. The van der Waals surface area contributed by atoms with Crippen molar-refractivity contribution in [3.8, 4) is 5.69 Å². The molecule has 12 heteroatoms. The van der Waals surface area contributed by atoms with Gasteiger partial charge in [0.15, 0.2) is 0 Å². The molecule has 2 N–H and O–H groups in total. The molecule has 4 rings (SSSR count). The van der Waals surface area contributed by atoms with Crippen molar-refractivity contribution in [2.24, 2.45) is 0 Å². The second-order valence-corrected chi connectivity index (χ2v) is 5.80. The Hall–Kier alpha value is -4.06. The van der Waals surface area contributed by atoms with Crippen LogP contribution in [0.1, 0.15) is 0 Å². The second kappa shape index (κ2) is 7.28. The second-order valence-electron chi connectivity index (χ2n) is 5.44. The zero-order chi connectivity index (χ0) is 19.5. The topological polar surface area (TPSA) is 127 Å². The third kappa shape index (κ3) is 3.31. The summed E-state index contributed by atoms with van der Waals surface area (Å²) in [7, 11) is 0. The van der Waals surface area contributed by atoms with Gasteiger partial charge in [0.2, 0.25) is 6.39 Å². The van der Waals surface area contributed by atoms with Crippen molar-refractivity contribution >= 4 is 29.6 Å². The van der Waals surface area contributed by atoms with E-state index in [2.05, 4.69) is 30.4 Å². The van der Waals surface area contributed by atoms with Crippen LogP contribution in [-0.2, 0) is 0 Å². The van der Waals surface area contributed by atoms with E-state index in [1.54, 1.807) is 48.5 Å². The highest BCUT2D eigenvalue weighted by atomic mass is 32.1. The summed E-state index contributed by atoms with van der Waals surface area (Å²) in [5.41, 5.74) is 1.54. The molecule has 2 amide bonds. The number of nitrogens with zero attached hydrogens (tertiary/aromatic N) is 6. The van der Waals surface area contributed by atoms with Crippen molar-refractivity contribution in [1.29, 1.82) is 0 Å². The van der Waals surface area contributed by atoms with Crippen molar-refractivity contribution in [1.82, 2.24) is 30.1 Å². The Labute approximate surface area is 161 Å². The lowest BCUT2D eigenvalue weighted by Crippen LogP contribution is -2.40. The molecule has 0 spiro atoms. The third-order valence-electron chi connectivity index (χ3n) is 3.70. The molecule has 4 aromatic rings. The van der Waals surface area contributed by atoms with Crippen molar-refractivity contribution in [2.45, 2.75) is 0 Å². The minimum Gasteiger partial charge on any atom is -0.395 e. The van der Waals surface area contributed by atoms with Gasteiger partial charge in [-0.25, -0.2) is 9.59 Å². The summed E-state index contributed by atoms with van der Waals surface area (Å²) in [6.07, 6.45) is 1.05. The van der Waals surface area contributed by atoms with Crippen LogP contribution in [0.4, 0.5) is 16.2 Å². The van der Waals surface area contributed by atoms with E-state index in [0.29, 0.717) is 17.1 Å². The fourth-order valence-electron chi connectivity index (χ4n) is 2.46. The summed E-state index contributed by atoms with van der Waals surface area (Å²) in [6.45, 7) is 0. The van der Waals surface area contributed by atoms with E-state index in [-0.39, 0.29) is 4.77 Å². The van der Waals surface area contributed by atoms with Gasteiger partial charge in [0.05, 0.1) is 11.4 Å². The van der Waals surface area contributed by atoms with E-state index in [4.69, 9.17) is 12.2 Å². The SMILES string of the molecule is O=C(Nc1ccc(-n2ncoc2=O)cc1)N(c1ccccc1)n1[nH]nnc1=S. The number of carbonyl (C=O) groups excluding carboxylic acids is 1. The molecule has 0 saturated heterocycles. The van der Waals surface area contributed by atoms with Gasteiger partial charge in [-0.15, -0.1) is 9.89 Å². The van der Waals surface area contributed by atoms with Crippen LogP contribution in [0, 0.1) is 4.77 Å². The van der Waals surface area contributed by atoms with E-state index in [0.717, 1.165) is 11.1 Å². The molecular weight excluding hydrogens is 384 g/mol. The summed E-state index contributed by atoms with van der Waals surface area (Å²) in [5.74, 6) is -0.604. The van der Waals surface area contributed by atoms with E-state index in [1.165, 1.54) is 9.80 Å². The van der Waals surface area contributed by atoms with Crippen molar-refractivity contribution in [3.05, 3.63) is 76.3 Å². The van der Waals surface area contributed by atoms with Gasteiger partial charge in [0.1, 0.15) is 0 Å². The predicted octanol–water partition coefficient (Wildman–Crippen LogP) is 1.98. The van der Waals surface area contributed by atoms with Crippen LogP contribution in [0.25, 0.3) is 5.69 Å². The number of hydrogen-bond donors (Lipinski definition) is 2. The molecule has 0 bridgehead atoms. The van der Waals surface area contributed by atoms with Gasteiger partial charge in [-0.3, -0.25) is 0 Å². The lowest BCUT2D eigenvalue weighted by Gasteiger charge is -2.22. The maximum atomic E-state index is 12.9. The van der Waals surface area contributed by atoms with Gasteiger partial charge >= 0.3 is 11.8 Å². The molecule has 0 aliphatic carbocycles. The monoisotopic (exact) mass is 396 g/mol. The summed E-state index contributed by atoms with van der Waals surface area (Å²) in [5, 5.41) is 17.7. The van der Waals surface area contributed by atoms with Crippen LogP contribution in [0.15, 0.2) is 70.2 Å². The Morgan fingerprint density at radius 3 is 2.50 bits per heavy atom. The first kappa shape index (κ1) is 17.4. The van der Waals surface area contributed by atoms with Gasteiger partial charge in [-0.2, -0.15) is 14.9 Å². The van der Waals surface area contributed by atoms with Crippen LogP contribution in [0.2, 0.25) is 0 Å². The average Bonchev–Trinajstić information content (AvgIpc) is 3.32. The highest BCUT2D eigenvalue weighted by Crippen LogP contribution is 2.17. The van der Waals surface area contributed by atoms with Gasteiger partial charge < -0.3 is 9.73 Å². The number of nitrogens with one attached hydrogen (secondary N) is 2. The standard InChI is InChI=1S/C16H12N8O3S/c25-14(18-11-6-8-12(9-7-11)22-16(26)27-10-17-22)23(13-4-2-1-3-5-13)24-15(28)19-20-21-24/h1-10H,(H,18,25)(H,19,21,28). The summed E-state index contributed by atoms with van der Waals surface area (Å²) < 4.78 is 5.82. The lowest BCUT2D eigenvalue weighted by atomic mass is 10.3. The number of H-pyrrole nitrogens is 1. The number of tetrazole rings is 1. The van der Waals surface area contributed by atoms with Crippen molar-refractivity contribution in [3.63, 3.8) is 0 Å². The molecule has 2 heterocycles. The maximum absolute atomic E-state index is 12.9. The van der Waals surface area contributed by atoms with Gasteiger partial charge in [0, 0.05) is 5.69 Å². The number of amides is 2. The molecule has 140 valence electrons. The highest BCUT2D eigenvalue weighted by molar-refractivity contribution is 7.71. The van der Waals surface area contributed by atoms with Crippen LogP contribution >= 0.6 is 12.2 Å². The van der Waals surface area contributed by atoms with Gasteiger partial charge in [0.25, 0.3) is 4.77 Å². The van der Waals surface area contributed by atoms with Gasteiger partial charge in [-0.1, -0.05) is 23.3 Å². The first-order chi connectivity index (χ1) is 13.6. The number of hydrogen-bond acceptors (Lipinski definition) is 7. The van der Waals surface area contributed by atoms with E-state index in [1.807, 2.05) is 6.07 Å². The zero-order valence-electron chi connectivity index (χ0n) is 14.1. The lowest BCUT2D eigenvalue weighted by molar-refractivity contribution is 0.253. The maximum Gasteiger partial charge on any atom is 0.441 e. The van der Waals surface area contributed by atoms with E-state index in [9.17, 15) is 9.59 Å². The summed E-state index contributed by atoms with van der Waals surface area (Å²) >= 11 is 5.11. The smallest absolute Gasteiger partial charge is 0.395 e. The average molecular weight is 396 g/mol. The molecule has 28 heavy (non-hydrogen) atoms. The first-order valence-corrected chi connectivity index (χ1v) is 8.34. The number of rotatable bonds is 4. The minimum atomic E-state index is -0.604. The van der Waals surface area contributed by atoms with Crippen LogP contribution in [0.3, 0.4) is 0 Å². The molecule has 11 nitrogen and oxygen atoms in total. The highest BCUT2D eigenvalue weighted by Gasteiger charge is 2.20. The molecule has 0 aliphatic rings. The van der Waals surface area contributed by atoms with E-state index >= 15 is 0 Å². The quantitative estimate of drug-likeness (QED) is 0.505. The Bertz CT molecular complexity index is 1210. The third-order valence-corrected chi connectivity index (χ3v) is 3.96. The molecule has 0 atom stereocenters. The number of benzene rings is 2. The number of para-hydroxylation sites is 1. The molecule has 0 radical (unpaired) electrons. The van der Waals surface area contributed by atoms with Crippen molar-refractivity contribution < 1.29 is 9.21 Å². The fraction of sp³-hybridized carbons (Fsp3) is 0.